The lowest BCUT2D eigenvalue weighted by Crippen LogP contribution is -2.41. The van der Waals surface area contributed by atoms with Gasteiger partial charge < -0.3 is 26.0 Å². The van der Waals surface area contributed by atoms with E-state index in [-0.39, 0.29) is 25.4 Å². The molecule has 7 N–H and O–H groups in total. The van der Waals surface area contributed by atoms with Crippen LogP contribution in [0, 0.1) is 0 Å². The van der Waals surface area contributed by atoms with Gasteiger partial charge in [-0.1, -0.05) is 18.7 Å². The Balaban J connectivity index is 2.18. The molecule has 0 saturated heterocycles. The van der Waals surface area contributed by atoms with Crippen LogP contribution in [0.3, 0.4) is 0 Å². The number of aliphatic hydroxyl groups is 2. The molecule has 10 heteroatoms. The normalized spacial score (nSPS) is 23.0. The zero-order chi connectivity index (χ0) is 18.4. The number of hydrogen-bond donors (Lipinski definition) is 5. The predicted molar refractivity (Wildman–Crippen MR) is 99.5 cm³/mol. The Morgan fingerprint density at radius 3 is 2.80 bits per heavy atom. The minimum atomic E-state index is -0.636. The van der Waals surface area contributed by atoms with Gasteiger partial charge in [0.05, 0.1) is 31.5 Å². The summed E-state index contributed by atoms with van der Waals surface area (Å²) in [7, 11) is 1.75. The lowest BCUT2D eigenvalue weighted by Gasteiger charge is -2.26. The summed E-state index contributed by atoms with van der Waals surface area (Å²) < 4.78 is 5.47. The maximum absolute atomic E-state index is 10.2. The monoisotopic (exact) mass is 372 g/mol. The fourth-order valence-electron chi connectivity index (χ4n) is 2.82. The first-order chi connectivity index (χ1) is 12.0. The Morgan fingerprint density at radius 1 is 1.40 bits per heavy atom. The molecule has 25 heavy (non-hydrogen) atoms. The average Bonchev–Trinajstić information content (AvgIpc) is 2.99. The number of hydrazine groups is 1. The Morgan fingerprint density at radius 2 is 2.16 bits per heavy atom. The first-order valence-corrected chi connectivity index (χ1v) is 9.42. The van der Waals surface area contributed by atoms with E-state index in [1.165, 1.54) is 5.01 Å². The van der Waals surface area contributed by atoms with Crippen LogP contribution in [0.1, 0.15) is 26.2 Å². The van der Waals surface area contributed by atoms with Crippen molar-refractivity contribution < 1.29 is 14.9 Å². The summed E-state index contributed by atoms with van der Waals surface area (Å²) in [5.41, 5.74) is 6.54. The van der Waals surface area contributed by atoms with Crippen LogP contribution in [0.15, 0.2) is 5.16 Å². The van der Waals surface area contributed by atoms with Gasteiger partial charge in [0.15, 0.2) is 16.8 Å². The van der Waals surface area contributed by atoms with E-state index in [9.17, 15) is 5.11 Å². The minimum absolute atomic E-state index is 0.0807. The summed E-state index contributed by atoms with van der Waals surface area (Å²) in [5.74, 6) is 8.16. The van der Waals surface area contributed by atoms with Crippen molar-refractivity contribution in [3.05, 3.63) is 0 Å². The molecule has 9 nitrogen and oxygen atoms in total. The van der Waals surface area contributed by atoms with Crippen molar-refractivity contribution in [2.45, 2.75) is 49.6 Å². The van der Waals surface area contributed by atoms with Crippen LogP contribution < -0.4 is 21.9 Å². The number of aliphatic hydroxyl groups excluding tert-OH is 2. The van der Waals surface area contributed by atoms with Gasteiger partial charge in [0.2, 0.25) is 0 Å². The van der Waals surface area contributed by atoms with Gasteiger partial charge in [-0.05, 0) is 19.3 Å². The van der Waals surface area contributed by atoms with Crippen molar-refractivity contribution in [2.75, 3.05) is 42.1 Å². The molecule has 0 unspecified atom stereocenters. The number of anilines is 3. The van der Waals surface area contributed by atoms with Crippen molar-refractivity contribution in [1.82, 2.24) is 9.97 Å². The van der Waals surface area contributed by atoms with Gasteiger partial charge in [-0.3, -0.25) is 5.01 Å². The van der Waals surface area contributed by atoms with Crippen LogP contribution in [-0.4, -0.2) is 64.4 Å². The molecule has 1 aliphatic rings. The second kappa shape index (κ2) is 9.39. The standard InChI is InChI=1S/C15H28N6O3S/c1-3-6-25-15-19-13(18-2)12(16)14(20-15)21(17)9-7-10(23)11(8-9)24-5-4-22/h9-11,22-23H,3-8,16-17H2,1-2H3,(H,18,19,20)/t9-,10-,11-/m0/s1. The van der Waals surface area contributed by atoms with E-state index in [2.05, 4.69) is 22.2 Å². The average molecular weight is 372 g/mol. The SMILES string of the molecule is CCCSc1nc(NC)c(N)c(N(N)[C@@H]2C[C@H](OCCO)[C@@H](O)C2)n1. The molecule has 0 aliphatic heterocycles. The van der Waals surface area contributed by atoms with Gasteiger partial charge in [0.25, 0.3) is 0 Å². The highest BCUT2D eigenvalue weighted by molar-refractivity contribution is 7.99. The van der Waals surface area contributed by atoms with Crippen molar-refractivity contribution in [1.29, 1.82) is 0 Å². The minimum Gasteiger partial charge on any atom is -0.394 e. The smallest absolute Gasteiger partial charge is 0.191 e. The third kappa shape index (κ3) is 4.85. The third-order valence-electron chi connectivity index (χ3n) is 4.09. The number of rotatable bonds is 9. The lowest BCUT2D eigenvalue weighted by atomic mass is 10.2. The van der Waals surface area contributed by atoms with Crippen LogP contribution in [0.2, 0.25) is 0 Å². The number of nitrogens with one attached hydrogen (secondary N) is 1. The molecule has 1 aromatic heterocycles. The number of ether oxygens (including phenoxy) is 1. The third-order valence-corrected chi connectivity index (χ3v) is 5.14. The molecule has 0 bridgehead atoms. The van der Waals surface area contributed by atoms with Crippen molar-refractivity contribution in [3.63, 3.8) is 0 Å². The van der Waals surface area contributed by atoms with Crippen LogP contribution in [0.4, 0.5) is 17.3 Å². The fourth-order valence-corrected chi connectivity index (χ4v) is 3.51. The molecular weight excluding hydrogens is 344 g/mol. The number of hydrogen-bond acceptors (Lipinski definition) is 10. The second-order valence-electron chi connectivity index (χ2n) is 5.92. The van der Waals surface area contributed by atoms with E-state index >= 15 is 0 Å². The number of nitrogen functional groups attached to an aromatic ring is 1. The molecule has 1 aromatic rings. The maximum Gasteiger partial charge on any atom is 0.191 e. The molecule has 2 rings (SSSR count). The van der Waals surface area contributed by atoms with Gasteiger partial charge in [0, 0.05) is 12.8 Å². The molecule has 1 fully saturated rings. The quantitative estimate of drug-likeness (QED) is 0.176. The van der Waals surface area contributed by atoms with E-state index in [1.807, 2.05) is 0 Å². The molecule has 1 heterocycles. The highest BCUT2D eigenvalue weighted by Gasteiger charge is 2.37. The maximum atomic E-state index is 10.2. The zero-order valence-electron chi connectivity index (χ0n) is 14.7. The van der Waals surface area contributed by atoms with Crippen LogP contribution in [-0.2, 0) is 4.74 Å². The van der Waals surface area contributed by atoms with E-state index in [0.29, 0.717) is 35.3 Å². The van der Waals surface area contributed by atoms with Crippen molar-refractivity contribution in [2.24, 2.45) is 5.84 Å². The Bertz CT molecular complexity index is 564. The summed E-state index contributed by atoms with van der Waals surface area (Å²) in [6.45, 7) is 2.20. The van der Waals surface area contributed by atoms with E-state index < -0.39 is 6.10 Å². The van der Waals surface area contributed by atoms with Gasteiger partial charge in [-0.2, -0.15) is 0 Å². The van der Waals surface area contributed by atoms with Gasteiger partial charge in [0.1, 0.15) is 5.69 Å². The molecule has 1 saturated carbocycles. The summed E-state index contributed by atoms with van der Waals surface area (Å²) >= 11 is 1.54. The topological polar surface area (TPSA) is 143 Å². The molecule has 0 amide bonds. The molecule has 0 spiro atoms. The Hall–Kier alpha value is -1.33. The zero-order valence-corrected chi connectivity index (χ0v) is 15.5. The second-order valence-corrected chi connectivity index (χ2v) is 6.99. The Kier molecular flexibility index (Phi) is 7.51. The molecule has 0 aromatic carbocycles. The first-order valence-electron chi connectivity index (χ1n) is 8.44. The van der Waals surface area contributed by atoms with E-state index in [4.69, 9.17) is 21.4 Å². The van der Waals surface area contributed by atoms with E-state index in [1.54, 1.807) is 18.8 Å². The number of nitrogens with zero attached hydrogens (tertiary/aromatic N) is 3. The first kappa shape index (κ1) is 20.0. The van der Waals surface area contributed by atoms with Crippen LogP contribution in [0.25, 0.3) is 0 Å². The lowest BCUT2D eigenvalue weighted by molar-refractivity contribution is -0.0302. The molecular formula is C15H28N6O3S. The number of aromatic nitrogens is 2. The summed E-state index contributed by atoms with van der Waals surface area (Å²) in [6, 6.07) is -0.162. The molecule has 0 radical (unpaired) electrons. The van der Waals surface area contributed by atoms with Crippen LogP contribution >= 0.6 is 11.8 Å². The summed E-state index contributed by atoms with van der Waals surface area (Å²) in [4.78, 5) is 8.90. The summed E-state index contributed by atoms with van der Waals surface area (Å²) in [5, 5.41) is 24.1. The van der Waals surface area contributed by atoms with Crippen molar-refractivity contribution >= 4 is 29.1 Å². The van der Waals surface area contributed by atoms with Gasteiger partial charge >= 0.3 is 0 Å². The highest BCUT2D eigenvalue weighted by atomic mass is 32.2. The number of nitrogens with two attached hydrogens (primary N) is 2. The van der Waals surface area contributed by atoms with E-state index in [0.717, 1.165) is 12.2 Å². The fraction of sp³-hybridized carbons (Fsp3) is 0.733. The summed E-state index contributed by atoms with van der Waals surface area (Å²) in [6.07, 6.45) is 0.996. The highest BCUT2D eigenvalue weighted by Crippen LogP contribution is 2.34. The van der Waals surface area contributed by atoms with Crippen molar-refractivity contribution in [3.8, 4) is 0 Å². The predicted octanol–water partition coefficient (Wildman–Crippen LogP) is 0.184. The Labute approximate surface area is 152 Å². The molecule has 142 valence electrons. The van der Waals surface area contributed by atoms with Crippen LogP contribution in [0.5, 0.6) is 0 Å². The van der Waals surface area contributed by atoms with Gasteiger partial charge in [-0.15, -0.1) is 0 Å². The number of thioether (sulfide) groups is 1. The molecule has 3 atom stereocenters. The largest absolute Gasteiger partial charge is 0.394 e. The van der Waals surface area contributed by atoms with Gasteiger partial charge in [-0.25, -0.2) is 15.8 Å². The molecule has 1 aliphatic carbocycles.